The molecule has 0 aliphatic heterocycles. The van der Waals surface area contributed by atoms with Gasteiger partial charge in [-0.15, -0.1) is 0 Å². The minimum atomic E-state index is -0.369. The van der Waals surface area contributed by atoms with Gasteiger partial charge in [0.05, 0.1) is 0 Å². The first-order chi connectivity index (χ1) is 8.79. The van der Waals surface area contributed by atoms with Gasteiger partial charge in [0.1, 0.15) is 6.61 Å². The average molecular weight is 244 g/mol. The van der Waals surface area contributed by atoms with Crippen LogP contribution >= 0.6 is 0 Å². The van der Waals surface area contributed by atoms with E-state index in [0.29, 0.717) is 6.61 Å². The van der Waals surface area contributed by atoms with E-state index in [1.807, 2.05) is 0 Å². The van der Waals surface area contributed by atoms with E-state index in [9.17, 15) is 4.79 Å². The summed E-state index contributed by atoms with van der Waals surface area (Å²) in [6, 6.07) is 8.46. The molecule has 0 heterocycles. The molecule has 1 aromatic rings. The molecule has 2 heteroatoms. The van der Waals surface area contributed by atoms with E-state index in [1.54, 1.807) is 0 Å². The molecule has 2 rings (SSSR count). The molecule has 0 bridgehead atoms. The van der Waals surface area contributed by atoms with Crippen molar-refractivity contribution in [3.05, 3.63) is 48.0 Å². The van der Waals surface area contributed by atoms with Crippen molar-refractivity contribution < 1.29 is 9.53 Å². The van der Waals surface area contributed by atoms with Crippen LogP contribution in [0.4, 0.5) is 0 Å². The Bertz CT molecular complexity index is 400. The van der Waals surface area contributed by atoms with Crippen LogP contribution in [0.2, 0.25) is 0 Å². The van der Waals surface area contributed by atoms with Crippen LogP contribution in [-0.2, 0) is 16.1 Å². The maximum absolute atomic E-state index is 11.0. The highest BCUT2D eigenvalue weighted by Gasteiger charge is 2.15. The summed E-state index contributed by atoms with van der Waals surface area (Å²) in [7, 11) is 0. The Balaban J connectivity index is 1.92. The molecule has 0 radical (unpaired) electrons. The first-order valence-electron chi connectivity index (χ1n) is 6.67. The van der Waals surface area contributed by atoms with Crippen molar-refractivity contribution >= 4 is 5.97 Å². The average Bonchev–Trinajstić information content (AvgIpc) is 2.46. The SMILES string of the molecule is C=CC(=O)OCc1ccc(C2CCCCC2)cc1. The number of hydrogen-bond acceptors (Lipinski definition) is 2. The van der Waals surface area contributed by atoms with Gasteiger partial charge in [0.25, 0.3) is 0 Å². The third kappa shape index (κ3) is 3.46. The highest BCUT2D eigenvalue weighted by Crippen LogP contribution is 2.32. The Morgan fingerprint density at radius 1 is 1.22 bits per heavy atom. The molecular formula is C16H20O2. The maximum atomic E-state index is 11.0. The van der Waals surface area contributed by atoms with Gasteiger partial charge in [0.15, 0.2) is 0 Å². The molecule has 1 fully saturated rings. The molecule has 0 saturated heterocycles. The van der Waals surface area contributed by atoms with E-state index in [0.717, 1.165) is 11.5 Å². The second kappa shape index (κ2) is 6.39. The number of carbonyl (C=O) groups excluding carboxylic acids is 1. The van der Waals surface area contributed by atoms with Crippen molar-refractivity contribution in [2.24, 2.45) is 0 Å². The molecule has 96 valence electrons. The second-order valence-corrected chi connectivity index (χ2v) is 4.89. The summed E-state index contributed by atoms with van der Waals surface area (Å²) < 4.78 is 5.01. The van der Waals surface area contributed by atoms with Crippen LogP contribution in [0, 0.1) is 0 Å². The Kier molecular flexibility index (Phi) is 4.57. The summed E-state index contributed by atoms with van der Waals surface area (Å²) in [6.45, 7) is 3.70. The monoisotopic (exact) mass is 244 g/mol. The highest BCUT2D eigenvalue weighted by molar-refractivity contribution is 5.81. The lowest BCUT2D eigenvalue weighted by molar-refractivity contribution is -0.138. The van der Waals surface area contributed by atoms with E-state index >= 15 is 0 Å². The molecule has 0 spiro atoms. The summed E-state index contributed by atoms with van der Waals surface area (Å²) in [5, 5.41) is 0. The van der Waals surface area contributed by atoms with Crippen LogP contribution < -0.4 is 0 Å². The zero-order chi connectivity index (χ0) is 12.8. The van der Waals surface area contributed by atoms with Crippen molar-refractivity contribution in [1.82, 2.24) is 0 Å². The van der Waals surface area contributed by atoms with Gasteiger partial charge in [-0.2, -0.15) is 0 Å². The molecular weight excluding hydrogens is 224 g/mol. The second-order valence-electron chi connectivity index (χ2n) is 4.89. The number of hydrogen-bond donors (Lipinski definition) is 0. The van der Waals surface area contributed by atoms with E-state index < -0.39 is 0 Å². The molecule has 0 aromatic heterocycles. The number of rotatable bonds is 4. The molecule has 0 amide bonds. The number of carbonyl (C=O) groups is 1. The Morgan fingerprint density at radius 3 is 2.50 bits per heavy atom. The first kappa shape index (κ1) is 12.9. The molecule has 0 atom stereocenters. The minimum absolute atomic E-state index is 0.329. The van der Waals surface area contributed by atoms with Crippen LogP contribution in [0.25, 0.3) is 0 Å². The lowest BCUT2D eigenvalue weighted by Gasteiger charge is -2.22. The van der Waals surface area contributed by atoms with E-state index in [2.05, 4.69) is 30.8 Å². The Hall–Kier alpha value is -1.57. The molecule has 1 aromatic carbocycles. The number of benzene rings is 1. The lowest BCUT2D eigenvalue weighted by atomic mass is 9.84. The van der Waals surface area contributed by atoms with Crippen LogP contribution in [0.1, 0.15) is 49.1 Å². The van der Waals surface area contributed by atoms with Crippen molar-refractivity contribution in [1.29, 1.82) is 0 Å². The Morgan fingerprint density at radius 2 is 1.89 bits per heavy atom. The smallest absolute Gasteiger partial charge is 0.330 e. The lowest BCUT2D eigenvalue weighted by Crippen LogP contribution is -2.05. The van der Waals surface area contributed by atoms with Gasteiger partial charge in [-0.1, -0.05) is 50.1 Å². The minimum Gasteiger partial charge on any atom is -0.458 e. The van der Waals surface area contributed by atoms with Gasteiger partial charge in [0, 0.05) is 6.08 Å². The largest absolute Gasteiger partial charge is 0.458 e. The summed E-state index contributed by atoms with van der Waals surface area (Å²) in [5.74, 6) is 0.356. The van der Waals surface area contributed by atoms with Crippen LogP contribution in [0.3, 0.4) is 0 Å². The van der Waals surface area contributed by atoms with Gasteiger partial charge in [-0.25, -0.2) is 4.79 Å². The van der Waals surface area contributed by atoms with Crippen molar-refractivity contribution in [2.45, 2.75) is 44.6 Å². The standard InChI is InChI=1S/C16H20O2/c1-2-16(17)18-12-13-8-10-15(11-9-13)14-6-4-3-5-7-14/h2,8-11,14H,1,3-7,12H2. The molecule has 2 nitrogen and oxygen atoms in total. The van der Waals surface area contributed by atoms with Gasteiger partial charge < -0.3 is 4.74 Å². The van der Waals surface area contributed by atoms with Crippen LogP contribution in [-0.4, -0.2) is 5.97 Å². The fourth-order valence-electron chi connectivity index (χ4n) is 2.54. The normalized spacial score (nSPS) is 16.2. The zero-order valence-corrected chi connectivity index (χ0v) is 10.7. The highest BCUT2D eigenvalue weighted by atomic mass is 16.5. The summed E-state index contributed by atoms with van der Waals surface area (Å²) in [4.78, 5) is 11.0. The van der Waals surface area contributed by atoms with E-state index in [1.165, 1.54) is 43.7 Å². The Labute approximate surface area is 109 Å². The van der Waals surface area contributed by atoms with Crippen LogP contribution in [0.15, 0.2) is 36.9 Å². The fraction of sp³-hybridized carbons (Fsp3) is 0.438. The van der Waals surface area contributed by atoms with Gasteiger partial charge in [-0.05, 0) is 29.9 Å². The third-order valence-electron chi connectivity index (χ3n) is 3.60. The van der Waals surface area contributed by atoms with E-state index in [4.69, 9.17) is 4.74 Å². The first-order valence-corrected chi connectivity index (χ1v) is 6.67. The van der Waals surface area contributed by atoms with Crippen molar-refractivity contribution in [3.63, 3.8) is 0 Å². The molecule has 0 unspecified atom stereocenters. The summed E-state index contributed by atoms with van der Waals surface area (Å²) in [5.41, 5.74) is 2.46. The quantitative estimate of drug-likeness (QED) is 0.592. The summed E-state index contributed by atoms with van der Waals surface area (Å²) >= 11 is 0. The molecule has 1 aliphatic carbocycles. The van der Waals surface area contributed by atoms with Crippen molar-refractivity contribution in [3.8, 4) is 0 Å². The fourth-order valence-corrected chi connectivity index (χ4v) is 2.54. The van der Waals surface area contributed by atoms with Gasteiger partial charge >= 0.3 is 5.97 Å². The predicted octanol–water partition coefficient (Wildman–Crippen LogP) is 3.96. The zero-order valence-electron chi connectivity index (χ0n) is 10.7. The van der Waals surface area contributed by atoms with E-state index in [-0.39, 0.29) is 5.97 Å². The predicted molar refractivity (Wildman–Crippen MR) is 72.3 cm³/mol. The van der Waals surface area contributed by atoms with Crippen LogP contribution in [0.5, 0.6) is 0 Å². The molecule has 0 N–H and O–H groups in total. The van der Waals surface area contributed by atoms with Gasteiger partial charge in [0.2, 0.25) is 0 Å². The maximum Gasteiger partial charge on any atom is 0.330 e. The number of esters is 1. The number of ether oxygens (including phenoxy) is 1. The van der Waals surface area contributed by atoms with Crippen molar-refractivity contribution in [2.75, 3.05) is 0 Å². The summed E-state index contributed by atoms with van der Waals surface area (Å²) in [6.07, 6.45) is 7.89. The topological polar surface area (TPSA) is 26.3 Å². The third-order valence-corrected chi connectivity index (χ3v) is 3.60. The van der Waals surface area contributed by atoms with Gasteiger partial charge in [-0.3, -0.25) is 0 Å². The molecule has 18 heavy (non-hydrogen) atoms. The molecule has 1 saturated carbocycles. The molecule has 1 aliphatic rings.